The SMILES string of the molecule is C[C@@H](NC(=O)COC(=O)C1(c2ccc(F)cc2)CCCC1)c1ccco1. The summed E-state index contributed by atoms with van der Waals surface area (Å²) in [6.07, 6.45) is 4.61. The maximum absolute atomic E-state index is 13.2. The fourth-order valence-electron chi connectivity index (χ4n) is 3.52. The van der Waals surface area contributed by atoms with Crippen LogP contribution >= 0.6 is 0 Å². The van der Waals surface area contributed by atoms with Crippen LogP contribution in [0.4, 0.5) is 4.39 Å². The zero-order valence-corrected chi connectivity index (χ0v) is 14.7. The van der Waals surface area contributed by atoms with Crippen LogP contribution in [-0.2, 0) is 19.7 Å². The minimum absolute atomic E-state index is 0.311. The molecule has 1 aliphatic carbocycles. The van der Waals surface area contributed by atoms with Crippen LogP contribution < -0.4 is 5.32 Å². The summed E-state index contributed by atoms with van der Waals surface area (Å²) >= 11 is 0. The van der Waals surface area contributed by atoms with Crippen LogP contribution in [0.5, 0.6) is 0 Å². The second-order valence-corrected chi connectivity index (χ2v) is 6.68. The minimum atomic E-state index is -0.791. The number of benzene rings is 1. The molecule has 1 N–H and O–H groups in total. The molecule has 1 heterocycles. The molecule has 0 aliphatic heterocycles. The highest BCUT2D eigenvalue weighted by atomic mass is 19.1. The van der Waals surface area contributed by atoms with Crippen LogP contribution in [0.2, 0.25) is 0 Å². The minimum Gasteiger partial charge on any atom is -0.467 e. The number of carbonyl (C=O) groups excluding carboxylic acids is 2. The lowest BCUT2D eigenvalue weighted by atomic mass is 9.79. The second kappa shape index (κ2) is 7.72. The van der Waals surface area contributed by atoms with E-state index in [1.54, 1.807) is 31.2 Å². The van der Waals surface area contributed by atoms with Gasteiger partial charge in [0.05, 0.1) is 17.7 Å². The van der Waals surface area contributed by atoms with E-state index in [1.807, 2.05) is 0 Å². The zero-order valence-electron chi connectivity index (χ0n) is 14.7. The van der Waals surface area contributed by atoms with Gasteiger partial charge < -0.3 is 14.5 Å². The highest BCUT2D eigenvalue weighted by Crippen LogP contribution is 2.42. The Balaban J connectivity index is 1.62. The lowest BCUT2D eigenvalue weighted by molar-refractivity contribution is -0.154. The molecule has 1 amide bonds. The van der Waals surface area contributed by atoms with Crippen molar-refractivity contribution in [3.8, 4) is 0 Å². The molecular weight excluding hydrogens is 337 g/mol. The van der Waals surface area contributed by atoms with E-state index >= 15 is 0 Å². The van der Waals surface area contributed by atoms with Crippen LogP contribution in [0, 0.1) is 5.82 Å². The van der Waals surface area contributed by atoms with Gasteiger partial charge in [0.2, 0.25) is 0 Å². The maximum atomic E-state index is 13.2. The normalized spacial score (nSPS) is 16.8. The van der Waals surface area contributed by atoms with Crippen molar-refractivity contribution >= 4 is 11.9 Å². The molecule has 26 heavy (non-hydrogen) atoms. The fraction of sp³-hybridized carbons (Fsp3) is 0.400. The number of ether oxygens (including phenoxy) is 1. The Kier molecular flexibility index (Phi) is 5.40. The topological polar surface area (TPSA) is 68.5 Å². The molecule has 1 aromatic heterocycles. The molecule has 1 aromatic carbocycles. The van der Waals surface area contributed by atoms with Crippen molar-refractivity contribution in [1.82, 2.24) is 5.32 Å². The van der Waals surface area contributed by atoms with E-state index in [2.05, 4.69) is 5.32 Å². The summed E-state index contributed by atoms with van der Waals surface area (Å²) in [6.45, 7) is 1.43. The van der Waals surface area contributed by atoms with Gasteiger partial charge in [0.15, 0.2) is 6.61 Å². The summed E-state index contributed by atoms with van der Waals surface area (Å²) in [7, 11) is 0. The summed E-state index contributed by atoms with van der Waals surface area (Å²) in [4.78, 5) is 24.8. The number of hydrogen-bond acceptors (Lipinski definition) is 4. The third-order valence-electron chi connectivity index (χ3n) is 4.93. The Morgan fingerprint density at radius 1 is 1.23 bits per heavy atom. The third kappa shape index (κ3) is 3.79. The van der Waals surface area contributed by atoms with E-state index in [-0.39, 0.29) is 18.5 Å². The van der Waals surface area contributed by atoms with Crippen LogP contribution in [0.3, 0.4) is 0 Å². The molecule has 1 saturated carbocycles. The Hall–Kier alpha value is -2.63. The standard InChI is InChI=1S/C20H22FNO4/c1-14(17-5-4-12-25-17)22-18(23)13-26-19(24)20(10-2-3-11-20)15-6-8-16(21)9-7-15/h4-9,12,14H,2-3,10-11,13H2,1H3,(H,22,23)/t14-/m1/s1. The van der Waals surface area contributed by atoms with Crippen LogP contribution in [0.1, 0.15) is 50.0 Å². The molecule has 5 nitrogen and oxygen atoms in total. The van der Waals surface area contributed by atoms with Gasteiger partial charge in [-0.05, 0) is 49.6 Å². The largest absolute Gasteiger partial charge is 0.467 e. The first-order valence-electron chi connectivity index (χ1n) is 8.77. The highest BCUT2D eigenvalue weighted by Gasteiger charge is 2.44. The van der Waals surface area contributed by atoms with Crippen molar-refractivity contribution in [1.29, 1.82) is 0 Å². The van der Waals surface area contributed by atoms with Gasteiger partial charge in [-0.25, -0.2) is 4.39 Å². The van der Waals surface area contributed by atoms with E-state index in [1.165, 1.54) is 18.4 Å². The van der Waals surface area contributed by atoms with Crippen LogP contribution in [0.25, 0.3) is 0 Å². The van der Waals surface area contributed by atoms with Gasteiger partial charge in [0.1, 0.15) is 11.6 Å². The summed E-state index contributed by atoms with van der Waals surface area (Å²) in [5.41, 5.74) is -0.0496. The smallest absolute Gasteiger partial charge is 0.317 e. The molecule has 0 saturated heterocycles. The number of hydrogen-bond donors (Lipinski definition) is 1. The number of halogens is 1. The first-order valence-corrected chi connectivity index (χ1v) is 8.77. The Morgan fingerprint density at radius 2 is 1.92 bits per heavy atom. The molecule has 0 spiro atoms. The predicted octanol–water partition coefficient (Wildman–Crippen LogP) is 3.65. The van der Waals surface area contributed by atoms with Gasteiger partial charge in [-0.2, -0.15) is 0 Å². The van der Waals surface area contributed by atoms with Crippen molar-refractivity contribution in [3.05, 3.63) is 59.8 Å². The quantitative estimate of drug-likeness (QED) is 0.800. The average Bonchev–Trinajstić information content (AvgIpc) is 3.32. The van der Waals surface area contributed by atoms with Crippen molar-refractivity contribution < 1.29 is 23.1 Å². The number of carbonyl (C=O) groups is 2. The maximum Gasteiger partial charge on any atom is 0.317 e. The van der Waals surface area contributed by atoms with Gasteiger partial charge >= 0.3 is 5.97 Å². The molecular formula is C20H22FNO4. The van der Waals surface area contributed by atoms with Gasteiger partial charge in [-0.3, -0.25) is 9.59 Å². The number of esters is 1. The number of furan rings is 1. The lowest BCUT2D eigenvalue weighted by Gasteiger charge is -2.27. The van der Waals surface area contributed by atoms with Gasteiger partial charge in [-0.1, -0.05) is 25.0 Å². The van der Waals surface area contributed by atoms with Crippen molar-refractivity contribution in [2.75, 3.05) is 6.61 Å². The van der Waals surface area contributed by atoms with E-state index in [0.717, 1.165) is 18.4 Å². The van der Waals surface area contributed by atoms with E-state index in [0.29, 0.717) is 18.6 Å². The van der Waals surface area contributed by atoms with Crippen LogP contribution in [-0.4, -0.2) is 18.5 Å². The third-order valence-corrected chi connectivity index (χ3v) is 4.93. The average molecular weight is 359 g/mol. The zero-order chi connectivity index (χ0) is 18.6. The summed E-state index contributed by atoms with van der Waals surface area (Å²) in [5.74, 6) is -0.540. The fourth-order valence-corrected chi connectivity index (χ4v) is 3.52. The Labute approximate surface area is 151 Å². The second-order valence-electron chi connectivity index (χ2n) is 6.68. The number of amides is 1. The van der Waals surface area contributed by atoms with Crippen molar-refractivity contribution in [2.45, 2.75) is 44.1 Å². The van der Waals surface area contributed by atoms with E-state index < -0.39 is 17.3 Å². The molecule has 138 valence electrons. The molecule has 0 unspecified atom stereocenters. The Bertz CT molecular complexity index is 749. The summed E-state index contributed by atoms with van der Waals surface area (Å²) in [6, 6.07) is 9.14. The molecule has 0 radical (unpaired) electrons. The monoisotopic (exact) mass is 359 g/mol. The number of rotatable bonds is 6. The van der Waals surface area contributed by atoms with Crippen LogP contribution in [0.15, 0.2) is 47.1 Å². The molecule has 0 bridgehead atoms. The molecule has 1 fully saturated rings. The van der Waals surface area contributed by atoms with E-state index in [4.69, 9.17) is 9.15 Å². The molecule has 1 aliphatic rings. The van der Waals surface area contributed by atoms with E-state index in [9.17, 15) is 14.0 Å². The van der Waals surface area contributed by atoms with Gasteiger partial charge in [0.25, 0.3) is 5.91 Å². The molecule has 1 atom stereocenters. The highest BCUT2D eigenvalue weighted by molar-refractivity contribution is 5.86. The Morgan fingerprint density at radius 3 is 2.54 bits per heavy atom. The van der Waals surface area contributed by atoms with Crippen molar-refractivity contribution in [3.63, 3.8) is 0 Å². The van der Waals surface area contributed by atoms with Crippen molar-refractivity contribution in [2.24, 2.45) is 0 Å². The van der Waals surface area contributed by atoms with Gasteiger partial charge in [-0.15, -0.1) is 0 Å². The summed E-state index contributed by atoms with van der Waals surface area (Å²) in [5, 5.41) is 2.73. The first-order chi connectivity index (χ1) is 12.5. The molecule has 3 rings (SSSR count). The lowest BCUT2D eigenvalue weighted by Crippen LogP contribution is -2.38. The molecule has 2 aromatic rings. The predicted molar refractivity (Wildman–Crippen MR) is 92.8 cm³/mol. The van der Waals surface area contributed by atoms with Gasteiger partial charge in [0, 0.05) is 0 Å². The molecule has 6 heteroatoms. The number of nitrogens with one attached hydrogen (secondary N) is 1. The first kappa shape index (κ1) is 18.2. The summed E-state index contributed by atoms with van der Waals surface area (Å²) < 4.78 is 23.8.